The SMILES string of the molecule is c1ccc(-c2ccc3oc4cc5oc6ccc(-c7ccc(-c8ccc9oc%10cc%11oc%12ccc(-c%13ccccc%13)cc%12c%11cc%10c9c8)cc7)cc6c5cc4c3c2)cc1. The zero-order valence-electron chi connectivity index (χ0n) is 31.0. The van der Waals surface area contributed by atoms with Gasteiger partial charge in [0.25, 0.3) is 0 Å². The van der Waals surface area contributed by atoms with Crippen LogP contribution in [0.1, 0.15) is 0 Å². The predicted molar refractivity (Wildman–Crippen MR) is 237 cm³/mol. The van der Waals surface area contributed by atoms with Crippen molar-refractivity contribution in [1.82, 2.24) is 0 Å². The summed E-state index contributed by atoms with van der Waals surface area (Å²) in [6.07, 6.45) is 0. The molecule has 0 aliphatic carbocycles. The first-order valence-electron chi connectivity index (χ1n) is 19.5. The van der Waals surface area contributed by atoms with E-state index in [4.69, 9.17) is 17.7 Å². The van der Waals surface area contributed by atoms with Gasteiger partial charge in [0.2, 0.25) is 0 Å². The Balaban J connectivity index is 0.863. The monoisotopic (exact) mass is 742 g/mol. The first kappa shape index (κ1) is 31.4. The molecule has 0 saturated carbocycles. The van der Waals surface area contributed by atoms with Crippen LogP contribution in [0, 0.1) is 0 Å². The van der Waals surface area contributed by atoms with E-state index in [-0.39, 0.29) is 0 Å². The minimum absolute atomic E-state index is 0.818. The molecule has 270 valence electrons. The van der Waals surface area contributed by atoms with Gasteiger partial charge >= 0.3 is 0 Å². The number of fused-ring (bicyclic) bond motifs is 12. The van der Waals surface area contributed by atoms with Crippen LogP contribution in [-0.4, -0.2) is 0 Å². The number of benzene rings is 9. The molecule has 4 aromatic heterocycles. The van der Waals surface area contributed by atoms with Crippen molar-refractivity contribution in [2.24, 2.45) is 0 Å². The molecule has 13 aromatic rings. The first-order valence-corrected chi connectivity index (χ1v) is 19.5. The highest BCUT2D eigenvalue weighted by Gasteiger charge is 2.17. The van der Waals surface area contributed by atoms with E-state index in [9.17, 15) is 0 Å². The highest BCUT2D eigenvalue weighted by molar-refractivity contribution is 6.17. The first-order chi connectivity index (χ1) is 28.7. The molecule has 0 aliphatic heterocycles. The van der Waals surface area contributed by atoms with Crippen molar-refractivity contribution in [2.45, 2.75) is 0 Å². The van der Waals surface area contributed by atoms with Gasteiger partial charge in [0, 0.05) is 55.2 Å². The maximum absolute atomic E-state index is 6.37. The maximum Gasteiger partial charge on any atom is 0.139 e. The highest BCUT2D eigenvalue weighted by atomic mass is 16.3. The summed E-state index contributed by atoms with van der Waals surface area (Å²) in [5.74, 6) is 0. The molecule has 0 radical (unpaired) electrons. The van der Waals surface area contributed by atoms with E-state index in [1.165, 1.54) is 22.3 Å². The number of hydrogen-bond donors (Lipinski definition) is 0. The Morgan fingerprint density at radius 2 is 0.414 bits per heavy atom. The van der Waals surface area contributed by atoms with Crippen molar-refractivity contribution < 1.29 is 17.7 Å². The maximum atomic E-state index is 6.37. The molecule has 4 heterocycles. The Hall–Kier alpha value is -7.82. The molecule has 0 bridgehead atoms. The highest BCUT2D eigenvalue weighted by Crippen LogP contribution is 2.41. The van der Waals surface area contributed by atoms with Gasteiger partial charge in [-0.05, 0) is 105 Å². The topological polar surface area (TPSA) is 52.6 Å². The summed E-state index contributed by atoms with van der Waals surface area (Å²) in [7, 11) is 0. The van der Waals surface area contributed by atoms with Crippen LogP contribution in [-0.2, 0) is 0 Å². The Bertz CT molecular complexity index is 3520. The van der Waals surface area contributed by atoms with E-state index in [0.717, 1.165) is 110 Å². The van der Waals surface area contributed by atoms with Crippen LogP contribution in [0.25, 0.3) is 132 Å². The summed E-state index contributed by atoms with van der Waals surface area (Å²) in [6.45, 7) is 0. The van der Waals surface area contributed by atoms with E-state index >= 15 is 0 Å². The van der Waals surface area contributed by atoms with E-state index < -0.39 is 0 Å². The van der Waals surface area contributed by atoms with Crippen molar-refractivity contribution in [1.29, 1.82) is 0 Å². The third kappa shape index (κ3) is 4.76. The lowest BCUT2D eigenvalue weighted by Crippen LogP contribution is -1.81. The van der Waals surface area contributed by atoms with Crippen molar-refractivity contribution in [2.75, 3.05) is 0 Å². The van der Waals surface area contributed by atoms with Gasteiger partial charge in [0.1, 0.15) is 44.7 Å². The third-order valence-electron chi connectivity index (χ3n) is 11.9. The Kier molecular flexibility index (Phi) is 6.41. The fraction of sp³-hybridized carbons (Fsp3) is 0. The van der Waals surface area contributed by atoms with Gasteiger partial charge in [-0.1, -0.05) is 109 Å². The largest absolute Gasteiger partial charge is 0.456 e. The molecule has 58 heavy (non-hydrogen) atoms. The minimum Gasteiger partial charge on any atom is -0.456 e. The zero-order valence-corrected chi connectivity index (χ0v) is 31.0. The Morgan fingerprint density at radius 1 is 0.172 bits per heavy atom. The molecule has 0 saturated heterocycles. The van der Waals surface area contributed by atoms with Crippen LogP contribution in [0.5, 0.6) is 0 Å². The summed E-state index contributed by atoms with van der Waals surface area (Å²) in [5, 5.41) is 8.68. The lowest BCUT2D eigenvalue weighted by atomic mass is 9.97. The van der Waals surface area contributed by atoms with Crippen molar-refractivity contribution in [3.05, 3.63) is 182 Å². The Labute approximate surface area is 330 Å². The summed E-state index contributed by atoms with van der Waals surface area (Å²) in [5.41, 5.74) is 16.0. The van der Waals surface area contributed by atoms with E-state index in [1.807, 2.05) is 24.3 Å². The standard InChI is InChI=1S/C54H30O4/c1-3-7-31(8-4-1)35-15-19-47-39(23-35)43-27-45-41-25-37(17-21-49(41)57-53(45)29-51(43)55-47)33-11-13-34(14-12-33)38-18-22-50-42(26-38)46-28-44-40-24-36(32-9-5-2-6-10-32)16-20-48(40)56-52(44)30-54(46)58-50/h1-30H. The average Bonchev–Trinajstić information content (AvgIpc) is 4.03. The third-order valence-corrected chi connectivity index (χ3v) is 11.9. The van der Waals surface area contributed by atoms with Gasteiger partial charge in [-0.25, -0.2) is 0 Å². The van der Waals surface area contributed by atoms with Crippen LogP contribution >= 0.6 is 0 Å². The normalized spacial score (nSPS) is 12.1. The van der Waals surface area contributed by atoms with Crippen LogP contribution in [0.2, 0.25) is 0 Å². The van der Waals surface area contributed by atoms with E-state index in [1.54, 1.807) is 0 Å². The van der Waals surface area contributed by atoms with Gasteiger partial charge in [-0.2, -0.15) is 0 Å². The molecule has 0 amide bonds. The van der Waals surface area contributed by atoms with Gasteiger partial charge in [-0.15, -0.1) is 0 Å². The van der Waals surface area contributed by atoms with Crippen LogP contribution in [0.15, 0.2) is 200 Å². The average molecular weight is 743 g/mol. The van der Waals surface area contributed by atoms with Crippen molar-refractivity contribution in [3.8, 4) is 44.5 Å². The molecule has 0 aliphatic rings. The summed E-state index contributed by atoms with van der Waals surface area (Å²) in [4.78, 5) is 0. The second kappa shape index (κ2) is 11.8. The van der Waals surface area contributed by atoms with Crippen LogP contribution < -0.4 is 0 Å². The fourth-order valence-electron chi connectivity index (χ4n) is 8.93. The molecule has 9 aromatic carbocycles. The molecule has 0 atom stereocenters. The summed E-state index contributed by atoms with van der Waals surface area (Å²) < 4.78 is 25.3. The van der Waals surface area contributed by atoms with Crippen LogP contribution in [0.4, 0.5) is 0 Å². The summed E-state index contributed by atoms with van der Waals surface area (Å²) >= 11 is 0. The van der Waals surface area contributed by atoms with Crippen molar-refractivity contribution >= 4 is 87.8 Å². The molecule has 0 unspecified atom stereocenters. The zero-order chi connectivity index (χ0) is 37.9. The van der Waals surface area contributed by atoms with Gasteiger partial charge in [-0.3, -0.25) is 0 Å². The lowest BCUT2D eigenvalue weighted by molar-refractivity contribution is 0.655. The molecule has 4 heteroatoms. The molecule has 0 N–H and O–H groups in total. The van der Waals surface area contributed by atoms with Gasteiger partial charge < -0.3 is 17.7 Å². The number of hydrogen-bond acceptors (Lipinski definition) is 4. The molecular weight excluding hydrogens is 713 g/mol. The predicted octanol–water partition coefficient (Wildman–Crippen LogP) is 16.0. The quantitative estimate of drug-likeness (QED) is 0.180. The fourth-order valence-corrected chi connectivity index (χ4v) is 8.93. The second-order valence-electron chi connectivity index (χ2n) is 15.3. The van der Waals surface area contributed by atoms with E-state index in [2.05, 4.69) is 158 Å². The minimum atomic E-state index is 0.818. The molecule has 4 nitrogen and oxygen atoms in total. The molecule has 0 spiro atoms. The lowest BCUT2D eigenvalue weighted by Gasteiger charge is -2.06. The summed E-state index contributed by atoms with van der Waals surface area (Å²) in [6, 6.07) is 64.0. The smallest absolute Gasteiger partial charge is 0.139 e. The van der Waals surface area contributed by atoms with Crippen LogP contribution in [0.3, 0.4) is 0 Å². The Morgan fingerprint density at radius 3 is 0.707 bits per heavy atom. The molecule has 13 rings (SSSR count). The molecular formula is C54H30O4. The second-order valence-corrected chi connectivity index (χ2v) is 15.3. The number of rotatable bonds is 4. The number of furan rings is 4. The molecule has 0 fully saturated rings. The van der Waals surface area contributed by atoms with Gasteiger partial charge in [0.05, 0.1) is 0 Å². The van der Waals surface area contributed by atoms with Gasteiger partial charge in [0.15, 0.2) is 0 Å². The van der Waals surface area contributed by atoms with E-state index in [0.29, 0.717) is 0 Å². The van der Waals surface area contributed by atoms with Crippen molar-refractivity contribution in [3.63, 3.8) is 0 Å².